The van der Waals surface area contributed by atoms with E-state index in [2.05, 4.69) is 45.5 Å². The van der Waals surface area contributed by atoms with Gasteiger partial charge in [-0.2, -0.15) is 0 Å². The van der Waals surface area contributed by atoms with Gasteiger partial charge in [0.25, 0.3) is 0 Å². The van der Waals surface area contributed by atoms with Gasteiger partial charge in [0.15, 0.2) is 0 Å². The smallest absolute Gasteiger partial charge is 0.0697 e. The molecule has 0 atom stereocenters. The van der Waals surface area contributed by atoms with Crippen LogP contribution in [0.25, 0.3) is 6.08 Å². The van der Waals surface area contributed by atoms with Crippen molar-refractivity contribution >= 4 is 17.7 Å². The minimum atomic E-state index is -0.186. The predicted octanol–water partition coefficient (Wildman–Crippen LogP) is 7.49. The second kappa shape index (κ2) is 10.1. The van der Waals surface area contributed by atoms with Crippen molar-refractivity contribution in [1.29, 1.82) is 0 Å². The topological polar surface area (TPSA) is 0 Å². The quantitative estimate of drug-likeness (QED) is 0.370. The third-order valence-corrected chi connectivity index (χ3v) is 5.08. The Balaban J connectivity index is 3.16. The first kappa shape index (κ1) is 19.3. The summed E-state index contributed by atoms with van der Waals surface area (Å²) in [6, 6.07) is 6.74. The highest BCUT2D eigenvalue weighted by Crippen LogP contribution is 2.41. The molecule has 22 heavy (non-hydrogen) atoms. The lowest BCUT2D eigenvalue weighted by atomic mass is 9.83. The summed E-state index contributed by atoms with van der Waals surface area (Å²) < 4.78 is 0. The van der Waals surface area contributed by atoms with Crippen LogP contribution in [0, 0.1) is 0 Å². The molecule has 1 heteroatoms. The Morgan fingerprint density at radius 2 is 1.59 bits per heavy atom. The number of rotatable bonds is 11. The molecule has 0 spiro atoms. The molecule has 0 radical (unpaired) electrons. The molecule has 0 nitrogen and oxygen atoms in total. The lowest BCUT2D eigenvalue weighted by Gasteiger charge is -2.30. The average Bonchev–Trinajstić information content (AvgIpc) is 2.56. The zero-order chi connectivity index (χ0) is 16.4. The van der Waals surface area contributed by atoms with Gasteiger partial charge in [0, 0.05) is 0 Å². The number of aryl methyl sites for hydroxylation is 1. The third-order valence-electron chi connectivity index (χ3n) is 4.50. The lowest BCUT2D eigenvalue weighted by Crippen LogP contribution is -2.21. The number of hydrogen-bond acceptors (Lipinski definition) is 0. The Morgan fingerprint density at radius 3 is 2.09 bits per heavy atom. The average molecular weight is 321 g/mol. The maximum Gasteiger partial charge on any atom is 0.0697 e. The van der Waals surface area contributed by atoms with Gasteiger partial charge in [-0.25, -0.2) is 0 Å². The van der Waals surface area contributed by atoms with E-state index in [4.69, 9.17) is 11.6 Å². The Kier molecular flexibility index (Phi) is 8.86. The highest BCUT2D eigenvalue weighted by atomic mass is 35.5. The molecule has 0 unspecified atom stereocenters. The summed E-state index contributed by atoms with van der Waals surface area (Å²) in [6.07, 6.45) is 12.5. The van der Waals surface area contributed by atoms with Crippen LogP contribution in [0.15, 0.2) is 24.8 Å². The summed E-state index contributed by atoms with van der Waals surface area (Å²) in [4.78, 5) is -0.186. The molecular formula is C21H33Cl. The second-order valence-electron chi connectivity index (χ2n) is 6.40. The van der Waals surface area contributed by atoms with Gasteiger partial charge in [0.1, 0.15) is 0 Å². The Bertz CT molecular complexity index is 439. The number of alkyl halides is 1. The van der Waals surface area contributed by atoms with Crippen molar-refractivity contribution in [1.82, 2.24) is 0 Å². The normalized spacial score (nSPS) is 11.6. The standard InChI is InChI=1S/C21H33Cl/c1-5-9-12-19-17-18(8-4)13-14-20(19)21(22,15-10-6-2)16-11-7-3/h8,13-14,17H,4-7,9-12,15-16H2,1-3H3. The van der Waals surface area contributed by atoms with E-state index in [9.17, 15) is 0 Å². The van der Waals surface area contributed by atoms with Crippen LogP contribution in [0.2, 0.25) is 0 Å². The van der Waals surface area contributed by atoms with Gasteiger partial charge < -0.3 is 0 Å². The maximum absolute atomic E-state index is 7.18. The molecular weight excluding hydrogens is 288 g/mol. The van der Waals surface area contributed by atoms with Gasteiger partial charge in [-0.05, 0) is 42.4 Å². The van der Waals surface area contributed by atoms with E-state index in [-0.39, 0.29) is 4.87 Å². The number of hydrogen-bond donors (Lipinski definition) is 0. The number of halogens is 1. The van der Waals surface area contributed by atoms with Crippen molar-refractivity contribution in [3.8, 4) is 0 Å². The zero-order valence-electron chi connectivity index (χ0n) is 14.8. The molecule has 0 saturated carbocycles. The third kappa shape index (κ3) is 5.47. The van der Waals surface area contributed by atoms with Crippen LogP contribution in [0.3, 0.4) is 0 Å². The van der Waals surface area contributed by atoms with Gasteiger partial charge in [-0.15, -0.1) is 11.6 Å². The fourth-order valence-electron chi connectivity index (χ4n) is 3.06. The van der Waals surface area contributed by atoms with E-state index >= 15 is 0 Å². The van der Waals surface area contributed by atoms with E-state index in [1.165, 1.54) is 55.2 Å². The molecule has 0 aliphatic carbocycles. The molecule has 1 aromatic rings. The lowest BCUT2D eigenvalue weighted by molar-refractivity contribution is 0.467. The van der Waals surface area contributed by atoms with Gasteiger partial charge >= 0.3 is 0 Å². The van der Waals surface area contributed by atoms with Gasteiger partial charge in [0.05, 0.1) is 4.87 Å². The van der Waals surface area contributed by atoms with Crippen LogP contribution >= 0.6 is 11.6 Å². The molecule has 1 aromatic carbocycles. The van der Waals surface area contributed by atoms with E-state index < -0.39 is 0 Å². The van der Waals surface area contributed by atoms with Crippen molar-refractivity contribution < 1.29 is 0 Å². The molecule has 0 aliphatic rings. The minimum absolute atomic E-state index is 0.186. The largest absolute Gasteiger partial charge is 0.114 e. The molecule has 0 aromatic heterocycles. The monoisotopic (exact) mass is 320 g/mol. The highest BCUT2D eigenvalue weighted by Gasteiger charge is 2.30. The summed E-state index contributed by atoms with van der Waals surface area (Å²) in [6.45, 7) is 10.7. The fraction of sp³-hybridized carbons (Fsp3) is 0.619. The maximum atomic E-state index is 7.18. The number of unbranched alkanes of at least 4 members (excludes halogenated alkanes) is 3. The van der Waals surface area contributed by atoms with Crippen LogP contribution in [-0.4, -0.2) is 0 Å². The van der Waals surface area contributed by atoms with Crippen molar-refractivity contribution in [3.63, 3.8) is 0 Å². The predicted molar refractivity (Wildman–Crippen MR) is 102 cm³/mol. The van der Waals surface area contributed by atoms with Crippen LogP contribution in [-0.2, 0) is 11.3 Å². The first-order valence-electron chi connectivity index (χ1n) is 9.06. The summed E-state index contributed by atoms with van der Waals surface area (Å²) >= 11 is 7.18. The summed E-state index contributed by atoms with van der Waals surface area (Å²) in [5.74, 6) is 0. The van der Waals surface area contributed by atoms with Crippen molar-refractivity contribution in [2.75, 3.05) is 0 Å². The van der Waals surface area contributed by atoms with E-state index in [1.54, 1.807) is 0 Å². The summed E-state index contributed by atoms with van der Waals surface area (Å²) in [5, 5.41) is 0. The van der Waals surface area contributed by atoms with Crippen molar-refractivity contribution in [3.05, 3.63) is 41.5 Å². The molecule has 1 rings (SSSR count). The first-order valence-corrected chi connectivity index (χ1v) is 9.43. The summed E-state index contributed by atoms with van der Waals surface area (Å²) in [5.41, 5.74) is 4.01. The van der Waals surface area contributed by atoms with Crippen LogP contribution in [0.1, 0.15) is 88.8 Å². The molecule has 0 bridgehead atoms. The zero-order valence-corrected chi connectivity index (χ0v) is 15.5. The van der Waals surface area contributed by atoms with Crippen LogP contribution in [0.4, 0.5) is 0 Å². The Labute approximate surface area is 143 Å². The fourth-order valence-corrected chi connectivity index (χ4v) is 3.51. The van der Waals surface area contributed by atoms with E-state index in [1.807, 2.05) is 6.08 Å². The summed E-state index contributed by atoms with van der Waals surface area (Å²) in [7, 11) is 0. The molecule has 0 heterocycles. The van der Waals surface area contributed by atoms with Crippen molar-refractivity contribution in [2.45, 2.75) is 83.4 Å². The second-order valence-corrected chi connectivity index (χ2v) is 7.12. The minimum Gasteiger partial charge on any atom is -0.114 e. The van der Waals surface area contributed by atoms with Gasteiger partial charge in [0.2, 0.25) is 0 Å². The van der Waals surface area contributed by atoms with Crippen molar-refractivity contribution in [2.24, 2.45) is 0 Å². The molecule has 0 aliphatic heterocycles. The molecule has 124 valence electrons. The number of benzene rings is 1. The molecule has 0 saturated heterocycles. The SMILES string of the molecule is C=Cc1ccc(C(Cl)(CCCC)CCCC)c(CCCC)c1. The van der Waals surface area contributed by atoms with Crippen LogP contribution < -0.4 is 0 Å². The first-order chi connectivity index (χ1) is 10.6. The Hall–Kier alpha value is -0.750. The molecule has 0 amide bonds. The Morgan fingerprint density at radius 1 is 1.00 bits per heavy atom. The molecule has 0 N–H and O–H groups in total. The van der Waals surface area contributed by atoms with E-state index in [0.29, 0.717) is 0 Å². The highest BCUT2D eigenvalue weighted by molar-refractivity contribution is 6.24. The molecule has 0 fully saturated rings. The van der Waals surface area contributed by atoms with E-state index in [0.717, 1.165) is 19.3 Å². The van der Waals surface area contributed by atoms with Gasteiger partial charge in [-0.1, -0.05) is 83.7 Å². The van der Waals surface area contributed by atoms with Crippen LogP contribution in [0.5, 0.6) is 0 Å². The van der Waals surface area contributed by atoms with Gasteiger partial charge in [-0.3, -0.25) is 0 Å².